The van der Waals surface area contributed by atoms with Crippen molar-refractivity contribution in [2.45, 2.75) is 13.0 Å². The second kappa shape index (κ2) is 5.21. The summed E-state index contributed by atoms with van der Waals surface area (Å²) < 4.78 is 10.6. The lowest BCUT2D eigenvalue weighted by Crippen LogP contribution is -2.26. The average Bonchev–Trinajstić information content (AvgIpc) is 2.95. The Bertz CT molecular complexity index is 628. The zero-order chi connectivity index (χ0) is 13.9. The predicted octanol–water partition coefficient (Wildman–Crippen LogP) is 2.30. The maximum atomic E-state index is 12.1. The van der Waals surface area contributed by atoms with Gasteiger partial charge in [-0.1, -0.05) is 6.07 Å². The number of aromatic nitrogens is 1. The maximum absolute atomic E-state index is 12.1. The van der Waals surface area contributed by atoms with Gasteiger partial charge >= 0.3 is 0 Å². The van der Waals surface area contributed by atoms with Crippen molar-refractivity contribution in [3.63, 3.8) is 0 Å². The number of amides is 1. The van der Waals surface area contributed by atoms with Gasteiger partial charge < -0.3 is 14.8 Å². The first-order valence-corrected chi connectivity index (χ1v) is 6.34. The smallest absolute Gasteiger partial charge is 0.253 e. The lowest BCUT2D eigenvalue weighted by Gasteiger charge is -2.14. The van der Waals surface area contributed by atoms with Crippen molar-refractivity contribution < 1.29 is 14.3 Å². The van der Waals surface area contributed by atoms with Gasteiger partial charge in [0.15, 0.2) is 11.5 Å². The fourth-order valence-corrected chi connectivity index (χ4v) is 2.04. The third-order valence-electron chi connectivity index (χ3n) is 3.17. The van der Waals surface area contributed by atoms with Gasteiger partial charge in [0.25, 0.3) is 5.91 Å². The van der Waals surface area contributed by atoms with Gasteiger partial charge in [-0.15, -0.1) is 0 Å². The molecule has 1 aromatic carbocycles. The SMILES string of the molecule is C[C@@H](NC(=O)c1cccnc1)c1ccc2c(c1)OCO2. The Hall–Kier alpha value is -2.56. The van der Waals surface area contributed by atoms with E-state index in [1.807, 2.05) is 25.1 Å². The van der Waals surface area contributed by atoms with E-state index in [0.717, 1.165) is 11.3 Å². The van der Waals surface area contributed by atoms with Crippen LogP contribution < -0.4 is 14.8 Å². The van der Waals surface area contributed by atoms with Crippen LogP contribution in [0.3, 0.4) is 0 Å². The summed E-state index contributed by atoms with van der Waals surface area (Å²) in [6, 6.07) is 8.99. The van der Waals surface area contributed by atoms with E-state index in [4.69, 9.17) is 9.47 Å². The molecule has 1 amide bonds. The quantitative estimate of drug-likeness (QED) is 0.929. The van der Waals surface area contributed by atoms with Crippen LogP contribution in [-0.4, -0.2) is 17.7 Å². The van der Waals surface area contributed by atoms with Crippen molar-refractivity contribution in [2.75, 3.05) is 6.79 Å². The highest BCUT2D eigenvalue weighted by Crippen LogP contribution is 2.34. The Morgan fingerprint density at radius 2 is 2.15 bits per heavy atom. The van der Waals surface area contributed by atoms with E-state index in [1.54, 1.807) is 24.5 Å². The van der Waals surface area contributed by atoms with Crippen molar-refractivity contribution in [1.82, 2.24) is 10.3 Å². The number of pyridine rings is 1. The van der Waals surface area contributed by atoms with Gasteiger partial charge in [0.1, 0.15) is 0 Å². The molecule has 0 unspecified atom stereocenters. The number of benzene rings is 1. The zero-order valence-corrected chi connectivity index (χ0v) is 11.0. The van der Waals surface area contributed by atoms with Crippen LogP contribution in [0.1, 0.15) is 28.9 Å². The summed E-state index contributed by atoms with van der Waals surface area (Å²) >= 11 is 0. The number of hydrogen-bond donors (Lipinski definition) is 1. The first-order chi connectivity index (χ1) is 9.74. The monoisotopic (exact) mass is 270 g/mol. The Morgan fingerprint density at radius 3 is 2.95 bits per heavy atom. The van der Waals surface area contributed by atoms with Crippen molar-refractivity contribution in [1.29, 1.82) is 0 Å². The highest BCUT2D eigenvalue weighted by Gasteiger charge is 2.17. The number of fused-ring (bicyclic) bond motifs is 1. The largest absolute Gasteiger partial charge is 0.454 e. The van der Waals surface area contributed by atoms with Crippen LogP contribution in [0.4, 0.5) is 0 Å². The standard InChI is InChI=1S/C15H14N2O3/c1-10(17-15(18)12-3-2-6-16-8-12)11-4-5-13-14(7-11)20-9-19-13/h2-8,10H,9H2,1H3,(H,17,18)/t10-/m1/s1. The molecule has 0 bridgehead atoms. The van der Waals surface area contributed by atoms with Gasteiger partial charge in [0.2, 0.25) is 6.79 Å². The van der Waals surface area contributed by atoms with E-state index in [2.05, 4.69) is 10.3 Å². The highest BCUT2D eigenvalue weighted by atomic mass is 16.7. The molecule has 1 N–H and O–H groups in total. The minimum atomic E-state index is -0.150. The van der Waals surface area contributed by atoms with Crippen molar-refractivity contribution in [3.05, 3.63) is 53.9 Å². The van der Waals surface area contributed by atoms with Crippen LogP contribution in [0.25, 0.3) is 0 Å². The molecule has 0 fully saturated rings. The van der Waals surface area contributed by atoms with Crippen molar-refractivity contribution in [2.24, 2.45) is 0 Å². The summed E-state index contributed by atoms with van der Waals surface area (Å²) in [6.45, 7) is 2.17. The molecular weight excluding hydrogens is 256 g/mol. The molecule has 1 aliphatic heterocycles. The average molecular weight is 270 g/mol. The summed E-state index contributed by atoms with van der Waals surface area (Å²) in [4.78, 5) is 16.0. The molecule has 0 radical (unpaired) electrons. The molecule has 2 heterocycles. The molecule has 5 nitrogen and oxygen atoms in total. The summed E-state index contributed by atoms with van der Waals surface area (Å²) in [5.74, 6) is 1.30. The summed E-state index contributed by atoms with van der Waals surface area (Å²) in [6.07, 6.45) is 3.18. The van der Waals surface area contributed by atoms with E-state index in [0.29, 0.717) is 11.3 Å². The van der Waals surface area contributed by atoms with Crippen LogP contribution in [0, 0.1) is 0 Å². The maximum Gasteiger partial charge on any atom is 0.253 e. The molecule has 0 saturated carbocycles. The lowest BCUT2D eigenvalue weighted by molar-refractivity contribution is 0.0939. The summed E-state index contributed by atoms with van der Waals surface area (Å²) in [5, 5.41) is 2.93. The Balaban J connectivity index is 1.73. The fraction of sp³-hybridized carbons (Fsp3) is 0.200. The first-order valence-electron chi connectivity index (χ1n) is 6.34. The molecule has 2 aromatic rings. The first kappa shape index (κ1) is 12.5. The lowest BCUT2D eigenvalue weighted by atomic mass is 10.1. The van der Waals surface area contributed by atoms with E-state index in [-0.39, 0.29) is 18.7 Å². The molecule has 1 aliphatic rings. The van der Waals surface area contributed by atoms with Crippen LogP contribution in [0.15, 0.2) is 42.7 Å². The van der Waals surface area contributed by atoms with Crippen molar-refractivity contribution in [3.8, 4) is 11.5 Å². The number of nitrogens with one attached hydrogen (secondary N) is 1. The van der Waals surface area contributed by atoms with E-state index < -0.39 is 0 Å². The highest BCUT2D eigenvalue weighted by molar-refractivity contribution is 5.94. The number of ether oxygens (including phenoxy) is 2. The predicted molar refractivity (Wildman–Crippen MR) is 72.7 cm³/mol. The van der Waals surface area contributed by atoms with E-state index in [9.17, 15) is 4.79 Å². The molecule has 20 heavy (non-hydrogen) atoms. The van der Waals surface area contributed by atoms with Crippen LogP contribution in [0.2, 0.25) is 0 Å². The van der Waals surface area contributed by atoms with Crippen LogP contribution >= 0.6 is 0 Å². The van der Waals surface area contributed by atoms with Gasteiger partial charge in [-0.25, -0.2) is 0 Å². The molecule has 5 heteroatoms. The van der Waals surface area contributed by atoms with Gasteiger partial charge in [0.05, 0.1) is 11.6 Å². The van der Waals surface area contributed by atoms with Gasteiger partial charge in [-0.05, 0) is 36.8 Å². The van der Waals surface area contributed by atoms with E-state index in [1.165, 1.54) is 0 Å². The van der Waals surface area contributed by atoms with E-state index >= 15 is 0 Å². The van der Waals surface area contributed by atoms with Crippen LogP contribution in [0.5, 0.6) is 11.5 Å². The number of hydrogen-bond acceptors (Lipinski definition) is 4. The third kappa shape index (κ3) is 2.42. The molecular formula is C15H14N2O3. The zero-order valence-electron chi connectivity index (χ0n) is 11.0. The molecule has 1 atom stereocenters. The fourth-order valence-electron chi connectivity index (χ4n) is 2.04. The molecule has 102 valence electrons. The molecule has 3 rings (SSSR count). The number of carbonyl (C=O) groups excluding carboxylic acids is 1. The normalized spacial score (nSPS) is 13.8. The summed E-state index contributed by atoms with van der Waals surface area (Å²) in [7, 11) is 0. The van der Waals surface area contributed by atoms with Gasteiger partial charge in [-0.3, -0.25) is 9.78 Å². The van der Waals surface area contributed by atoms with Crippen molar-refractivity contribution >= 4 is 5.91 Å². The topological polar surface area (TPSA) is 60.5 Å². The summed E-state index contributed by atoms with van der Waals surface area (Å²) in [5.41, 5.74) is 1.51. The Labute approximate surface area is 116 Å². The van der Waals surface area contributed by atoms with Gasteiger partial charge in [-0.2, -0.15) is 0 Å². The second-order valence-electron chi connectivity index (χ2n) is 4.55. The third-order valence-corrected chi connectivity index (χ3v) is 3.17. The van der Waals surface area contributed by atoms with Gasteiger partial charge in [0, 0.05) is 12.4 Å². The van der Waals surface area contributed by atoms with Crippen LogP contribution in [-0.2, 0) is 0 Å². The Morgan fingerprint density at radius 1 is 1.30 bits per heavy atom. The second-order valence-corrected chi connectivity index (χ2v) is 4.55. The Kier molecular flexibility index (Phi) is 3.25. The minimum absolute atomic E-state index is 0.128. The number of nitrogens with zero attached hydrogens (tertiary/aromatic N) is 1. The number of carbonyl (C=O) groups is 1. The minimum Gasteiger partial charge on any atom is -0.454 e. The molecule has 1 aromatic heterocycles. The molecule has 0 aliphatic carbocycles. The molecule has 0 saturated heterocycles. The molecule has 0 spiro atoms. The number of rotatable bonds is 3.